The van der Waals surface area contributed by atoms with Crippen molar-refractivity contribution < 1.29 is 9.59 Å². The summed E-state index contributed by atoms with van der Waals surface area (Å²) in [5, 5.41) is 10.1. The van der Waals surface area contributed by atoms with Crippen molar-refractivity contribution in [2.24, 2.45) is 5.92 Å². The van der Waals surface area contributed by atoms with Gasteiger partial charge < -0.3 is 14.8 Å². The van der Waals surface area contributed by atoms with Crippen molar-refractivity contribution in [2.75, 3.05) is 13.6 Å². The van der Waals surface area contributed by atoms with Gasteiger partial charge >= 0.3 is 0 Å². The standard InChI is InChI=1S/C26H33N5O3/c1-16(2)13-27-25(33)20-14-31(17(3)4)15-21(24(20)32)26(34)30(6)18(5)22-12-23(29-28-22)19-10-8-7-9-11-19/h7-12,14-18H,13H2,1-6H3,(H,27,33)(H,28,29). The maximum Gasteiger partial charge on any atom is 0.259 e. The summed E-state index contributed by atoms with van der Waals surface area (Å²) in [7, 11) is 1.64. The minimum atomic E-state index is -0.572. The largest absolute Gasteiger partial charge is 0.352 e. The second-order valence-corrected chi connectivity index (χ2v) is 9.23. The number of aromatic amines is 1. The molecule has 8 heteroatoms. The Balaban J connectivity index is 1.91. The summed E-state index contributed by atoms with van der Waals surface area (Å²) < 4.78 is 1.72. The van der Waals surface area contributed by atoms with E-state index in [2.05, 4.69) is 15.5 Å². The number of carbonyl (C=O) groups excluding carboxylic acids is 2. The van der Waals surface area contributed by atoms with Crippen LogP contribution < -0.4 is 10.7 Å². The second-order valence-electron chi connectivity index (χ2n) is 9.23. The first-order chi connectivity index (χ1) is 16.1. The van der Waals surface area contributed by atoms with Gasteiger partial charge in [0.2, 0.25) is 5.43 Å². The third-order valence-corrected chi connectivity index (χ3v) is 5.81. The van der Waals surface area contributed by atoms with Crippen molar-refractivity contribution in [1.82, 2.24) is 25.0 Å². The van der Waals surface area contributed by atoms with Crippen LogP contribution >= 0.6 is 0 Å². The minimum absolute atomic E-state index is 0.0332. The van der Waals surface area contributed by atoms with Gasteiger partial charge in [-0.1, -0.05) is 44.2 Å². The fourth-order valence-corrected chi connectivity index (χ4v) is 3.48. The summed E-state index contributed by atoms with van der Waals surface area (Å²) in [5.41, 5.74) is 1.83. The number of pyridine rings is 1. The zero-order valence-electron chi connectivity index (χ0n) is 20.6. The van der Waals surface area contributed by atoms with Gasteiger partial charge in [-0.3, -0.25) is 19.5 Å². The van der Waals surface area contributed by atoms with Crippen LogP contribution in [0.2, 0.25) is 0 Å². The molecule has 0 saturated heterocycles. The van der Waals surface area contributed by atoms with Gasteiger partial charge in [-0.2, -0.15) is 5.10 Å². The molecule has 3 aromatic rings. The number of H-pyrrole nitrogens is 1. The predicted octanol–water partition coefficient (Wildman–Crippen LogP) is 4.04. The van der Waals surface area contributed by atoms with Gasteiger partial charge in [-0.15, -0.1) is 0 Å². The van der Waals surface area contributed by atoms with Gasteiger partial charge in [-0.05, 0) is 32.8 Å². The van der Waals surface area contributed by atoms with Crippen LogP contribution in [0.1, 0.15) is 73.1 Å². The number of rotatable bonds is 8. The number of carbonyl (C=O) groups is 2. The van der Waals surface area contributed by atoms with Crippen LogP contribution in [0.5, 0.6) is 0 Å². The summed E-state index contributed by atoms with van der Waals surface area (Å²) in [5.74, 6) is -0.691. The average molecular weight is 464 g/mol. The molecular weight excluding hydrogens is 430 g/mol. The maximum absolute atomic E-state index is 13.4. The molecule has 1 atom stereocenters. The molecular formula is C26H33N5O3. The Morgan fingerprint density at radius 1 is 1.06 bits per heavy atom. The van der Waals surface area contributed by atoms with Crippen LogP contribution in [-0.4, -0.2) is 45.1 Å². The van der Waals surface area contributed by atoms with Crippen molar-refractivity contribution >= 4 is 11.8 Å². The third-order valence-electron chi connectivity index (χ3n) is 5.81. The SMILES string of the molecule is CC(C)CNC(=O)c1cn(C(C)C)cc(C(=O)N(C)C(C)c2cc(-c3ccccc3)n[nH]2)c1=O. The normalized spacial score (nSPS) is 12.1. The number of amides is 2. The summed E-state index contributed by atoms with van der Waals surface area (Å²) in [4.78, 5) is 40.8. The molecule has 0 bridgehead atoms. The van der Waals surface area contributed by atoms with E-state index in [0.29, 0.717) is 6.54 Å². The van der Waals surface area contributed by atoms with Crippen LogP contribution in [0.4, 0.5) is 0 Å². The molecule has 0 aliphatic heterocycles. The van der Waals surface area contributed by atoms with E-state index in [0.717, 1.165) is 17.0 Å². The second kappa shape index (κ2) is 10.5. The van der Waals surface area contributed by atoms with Gasteiger partial charge in [0, 0.05) is 37.6 Å². The molecule has 2 aromatic heterocycles. The number of hydrogen-bond donors (Lipinski definition) is 2. The molecule has 2 amide bonds. The zero-order chi connectivity index (χ0) is 25.0. The van der Waals surface area contributed by atoms with Crippen molar-refractivity contribution in [3.63, 3.8) is 0 Å². The summed E-state index contributed by atoms with van der Waals surface area (Å²) in [6.45, 7) is 10.1. The van der Waals surface area contributed by atoms with E-state index >= 15 is 0 Å². The van der Waals surface area contributed by atoms with Crippen LogP contribution in [0.3, 0.4) is 0 Å². The molecule has 1 aromatic carbocycles. The van der Waals surface area contributed by atoms with E-state index in [-0.39, 0.29) is 29.1 Å². The monoisotopic (exact) mass is 463 g/mol. The van der Waals surface area contributed by atoms with Crippen molar-refractivity contribution in [3.8, 4) is 11.3 Å². The van der Waals surface area contributed by atoms with E-state index in [4.69, 9.17) is 0 Å². The highest BCUT2D eigenvalue weighted by Gasteiger charge is 2.26. The molecule has 2 N–H and O–H groups in total. The fraction of sp³-hybridized carbons (Fsp3) is 0.385. The third kappa shape index (κ3) is 5.44. The number of benzene rings is 1. The first kappa shape index (κ1) is 25.0. The van der Waals surface area contributed by atoms with E-state index < -0.39 is 17.2 Å². The Bertz CT molecular complexity index is 1210. The molecule has 8 nitrogen and oxygen atoms in total. The van der Waals surface area contributed by atoms with Crippen molar-refractivity contribution in [1.29, 1.82) is 0 Å². The van der Waals surface area contributed by atoms with Gasteiger partial charge in [0.15, 0.2) is 0 Å². The molecule has 0 spiro atoms. The molecule has 180 valence electrons. The minimum Gasteiger partial charge on any atom is -0.352 e. The van der Waals surface area contributed by atoms with E-state index in [1.54, 1.807) is 11.6 Å². The molecule has 0 saturated carbocycles. The zero-order valence-corrected chi connectivity index (χ0v) is 20.6. The fourth-order valence-electron chi connectivity index (χ4n) is 3.48. The molecule has 0 aliphatic carbocycles. The quantitative estimate of drug-likeness (QED) is 0.527. The first-order valence-corrected chi connectivity index (χ1v) is 11.5. The first-order valence-electron chi connectivity index (χ1n) is 11.5. The van der Waals surface area contributed by atoms with Gasteiger partial charge in [0.25, 0.3) is 11.8 Å². The Morgan fingerprint density at radius 3 is 2.32 bits per heavy atom. The van der Waals surface area contributed by atoms with Crippen LogP contribution in [0.25, 0.3) is 11.3 Å². The van der Waals surface area contributed by atoms with Crippen LogP contribution in [-0.2, 0) is 0 Å². The summed E-state index contributed by atoms with van der Waals surface area (Å²) >= 11 is 0. The van der Waals surface area contributed by atoms with Gasteiger partial charge in [0.1, 0.15) is 11.1 Å². The number of aromatic nitrogens is 3. The van der Waals surface area contributed by atoms with Gasteiger partial charge in [0.05, 0.1) is 17.4 Å². The highest BCUT2D eigenvalue weighted by Crippen LogP contribution is 2.24. The summed E-state index contributed by atoms with van der Waals surface area (Å²) in [6, 6.07) is 11.2. The lowest BCUT2D eigenvalue weighted by Gasteiger charge is -2.24. The predicted molar refractivity (Wildman–Crippen MR) is 133 cm³/mol. The topological polar surface area (TPSA) is 100 Å². The average Bonchev–Trinajstić information content (AvgIpc) is 3.32. The lowest BCUT2D eigenvalue weighted by molar-refractivity contribution is 0.0737. The molecule has 0 fully saturated rings. The van der Waals surface area contributed by atoms with Crippen LogP contribution in [0, 0.1) is 5.92 Å². The highest BCUT2D eigenvalue weighted by molar-refractivity contribution is 5.99. The summed E-state index contributed by atoms with van der Waals surface area (Å²) in [6.07, 6.45) is 3.05. The Morgan fingerprint density at radius 2 is 1.71 bits per heavy atom. The Kier molecular flexibility index (Phi) is 7.71. The lowest BCUT2D eigenvalue weighted by Crippen LogP contribution is -2.38. The maximum atomic E-state index is 13.4. The molecule has 34 heavy (non-hydrogen) atoms. The molecule has 0 aliphatic rings. The Hall–Kier alpha value is -3.68. The molecule has 2 heterocycles. The Labute approximate surface area is 200 Å². The van der Waals surface area contributed by atoms with Gasteiger partial charge in [-0.25, -0.2) is 0 Å². The molecule has 1 unspecified atom stereocenters. The molecule has 3 rings (SSSR count). The number of nitrogens with one attached hydrogen (secondary N) is 2. The molecule has 0 radical (unpaired) electrons. The number of nitrogens with zero attached hydrogens (tertiary/aromatic N) is 3. The highest BCUT2D eigenvalue weighted by atomic mass is 16.2. The van der Waals surface area contributed by atoms with E-state index in [1.165, 1.54) is 17.3 Å². The van der Waals surface area contributed by atoms with E-state index in [1.807, 2.05) is 71.0 Å². The van der Waals surface area contributed by atoms with Crippen molar-refractivity contribution in [2.45, 2.75) is 46.7 Å². The lowest BCUT2D eigenvalue weighted by atomic mass is 10.1. The van der Waals surface area contributed by atoms with E-state index in [9.17, 15) is 14.4 Å². The smallest absolute Gasteiger partial charge is 0.259 e. The van der Waals surface area contributed by atoms with Crippen molar-refractivity contribution in [3.05, 3.63) is 75.8 Å². The van der Waals surface area contributed by atoms with Crippen LogP contribution in [0.15, 0.2) is 53.6 Å². The number of hydrogen-bond acceptors (Lipinski definition) is 4.